The van der Waals surface area contributed by atoms with E-state index in [2.05, 4.69) is 0 Å². The topological polar surface area (TPSA) is 97.5 Å². The quantitative estimate of drug-likeness (QED) is 0.800. The molecule has 0 aromatic heterocycles. The lowest BCUT2D eigenvalue weighted by atomic mass is 10.0. The minimum atomic E-state index is -4.28. The van der Waals surface area contributed by atoms with E-state index >= 15 is 0 Å². The fraction of sp³-hybridized carbons (Fsp3) is 0.364. The zero-order valence-corrected chi connectivity index (χ0v) is 11.2. The molecule has 1 rings (SSSR count). The fourth-order valence-electron chi connectivity index (χ4n) is 1.64. The fourth-order valence-corrected chi connectivity index (χ4v) is 2.47. The van der Waals surface area contributed by atoms with E-state index in [0.29, 0.717) is 12.3 Å². The Labute approximate surface area is 113 Å². The Bertz CT molecular complexity index is 646. The van der Waals surface area contributed by atoms with Crippen molar-refractivity contribution < 1.29 is 31.5 Å². The summed E-state index contributed by atoms with van der Waals surface area (Å²) >= 11 is 0. The van der Waals surface area contributed by atoms with E-state index in [1.54, 1.807) is 0 Å². The summed E-state index contributed by atoms with van der Waals surface area (Å²) in [6.45, 7) is 0. The van der Waals surface area contributed by atoms with Gasteiger partial charge in [-0.15, -0.1) is 0 Å². The van der Waals surface area contributed by atoms with E-state index in [1.807, 2.05) is 0 Å². The highest BCUT2D eigenvalue weighted by Gasteiger charge is 2.27. The Balaban J connectivity index is 3.29. The molecule has 0 spiro atoms. The second-order valence-corrected chi connectivity index (χ2v) is 6.17. The molecule has 20 heavy (non-hydrogen) atoms. The number of carboxylic acid groups (broad SMARTS) is 1. The molecule has 0 aliphatic carbocycles. The van der Waals surface area contributed by atoms with Crippen LogP contribution in [0.2, 0.25) is 0 Å². The highest BCUT2D eigenvalue weighted by Crippen LogP contribution is 2.28. The van der Waals surface area contributed by atoms with Gasteiger partial charge in [-0.3, -0.25) is 4.79 Å². The molecule has 0 saturated heterocycles. The van der Waals surface area contributed by atoms with Gasteiger partial charge in [-0.25, -0.2) is 21.6 Å². The molecule has 0 radical (unpaired) electrons. The molecule has 1 aromatic carbocycles. The second kappa shape index (κ2) is 5.80. The first kappa shape index (κ1) is 16.4. The molecule has 0 aliphatic rings. The SMILES string of the molecule is CS(=O)(=O)c1c(F)cc(C(N)CCC(=O)O)c(F)c1F. The maximum absolute atomic E-state index is 13.7. The summed E-state index contributed by atoms with van der Waals surface area (Å²) in [5, 5.41) is 8.46. The van der Waals surface area contributed by atoms with E-state index in [9.17, 15) is 26.4 Å². The Morgan fingerprint density at radius 1 is 1.35 bits per heavy atom. The molecule has 0 amide bonds. The largest absolute Gasteiger partial charge is 0.481 e. The molecule has 0 heterocycles. The molecule has 0 aliphatic heterocycles. The molecule has 1 aromatic rings. The van der Waals surface area contributed by atoms with Crippen molar-refractivity contribution in [2.24, 2.45) is 5.73 Å². The summed E-state index contributed by atoms with van der Waals surface area (Å²) in [5.41, 5.74) is 4.85. The van der Waals surface area contributed by atoms with Crippen LogP contribution in [-0.2, 0) is 14.6 Å². The Hall–Kier alpha value is -1.61. The first-order chi connectivity index (χ1) is 9.05. The van der Waals surface area contributed by atoms with Crippen LogP contribution in [0.1, 0.15) is 24.4 Å². The van der Waals surface area contributed by atoms with Gasteiger partial charge in [0, 0.05) is 24.3 Å². The molecule has 1 unspecified atom stereocenters. The third-order valence-electron chi connectivity index (χ3n) is 2.58. The molecule has 1 atom stereocenters. The monoisotopic (exact) mass is 311 g/mol. The van der Waals surface area contributed by atoms with Crippen molar-refractivity contribution in [2.75, 3.05) is 6.26 Å². The maximum atomic E-state index is 13.7. The number of carboxylic acids is 1. The predicted molar refractivity (Wildman–Crippen MR) is 63.2 cm³/mol. The van der Waals surface area contributed by atoms with Crippen LogP contribution in [0, 0.1) is 17.5 Å². The molecule has 5 nitrogen and oxygen atoms in total. The summed E-state index contributed by atoms with van der Waals surface area (Å²) in [4.78, 5) is 8.99. The number of sulfone groups is 1. The Kier molecular flexibility index (Phi) is 4.77. The van der Waals surface area contributed by atoms with Gasteiger partial charge in [-0.2, -0.15) is 0 Å². The first-order valence-electron chi connectivity index (χ1n) is 5.40. The molecule has 0 fully saturated rings. The lowest BCUT2D eigenvalue weighted by Crippen LogP contribution is -2.17. The van der Waals surface area contributed by atoms with Crippen molar-refractivity contribution in [3.05, 3.63) is 29.1 Å². The molecule has 9 heteroatoms. The summed E-state index contributed by atoms with van der Waals surface area (Å²) in [5.74, 6) is -6.11. The maximum Gasteiger partial charge on any atom is 0.303 e. The van der Waals surface area contributed by atoms with E-state index in [-0.39, 0.29) is 6.42 Å². The lowest BCUT2D eigenvalue weighted by molar-refractivity contribution is -0.137. The number of halogens is 3. The predicted octanol–water partition coefficient (Wildman–Crippen LogP) is 1.37. The number of hydrogen-bond donors (Lipinski definition) is 2. The van der Waals surface area contributed by atoms with Gasteiger partial charge in [-0.1, -0.05) is 0 Å². The van der Waals surface area contributed by atoms with Crippen molar-refractivity contribution in [1.29, 1.82) is 0 Å². The van der Waals surface area contributed by atoms with Crippen LogP contribution in [-0.4, -0.2) is 25.7 Å². The van der Waals surface area contributed by atoms with Crippen molar-refractivity contribution in [3.8, 4) is 0 Å². The van der Waals surface area contributed by atoms with Gasteiger partial charge in [0.2, 0.25) is 0 Å². The molecular formula is C11H12F3NO4S. The molecule has 0 bridgehead atoms. The van der Waals surface area contributed by atoms with Gasteiger partial charge < -0.3 is 10.8 Å². The molecule has 112 valence electrons. The van der Waals surface area contributed by atoms with Crippen LogP contribution in [0.5, 0.6) is 0 Å². The Morgan fingerprint density at radius 2 is 1.90 bits per heavy atom. The number of carbonyl (C=O) groups is 1. The number of rotatable bonds is 5. The zero-order valence-electron chi connectivity index (χ0n) is 10.4. The van der Waals surface area contributed by atoms with Crippen LogP contribution in [0.4, 0.5) is 13.2 Å². The van der Waals surface area contributed by atoms with Crippen LogP contribution in [0.3, 0.4) is 0 Å². The third-order valence-corrected chi connectivity index (χ3v) is 3.70. The zero-order chi connectivity index (χ0) is 15.7. The van der Waals surface area contributed by atoms with Crippen molar-refractivity contribution in [1.82, 2.24) is 0 Å². The van der Waals surface area contributed by atoms with E-state index in [1.165, 1.54) is 0 Å². The van der Waals surface area contributed by atoms with Crippen LogP contribution < -0.4 is 5.73 Å². The second-order valence-electron chi connectivity index (χ2n) is 4.22. The van der Waals surface area contributed by atoms with Crippen molar-refractivity contribution in [2.45, 2.75) is 23.8 Å². The van der Waals surface area contributed by atoms with Gasteiger partial charge in [0.05, 0.1) is 0 Å². The highest BCUT2D eigenvalue weighted by molar-refractivity contribution is 7.90. The molecule has 3 N–H and O–H groups in total. The Morgan fingerprint density at radius 3 is 2.35 bits per heavy atom. The summed E-state index contributed by atoms with van der Waals surface area (Å²) in [6.07, 6.45) is -0.126. The molecular weight excluding hydrogens is 299 g/mol. The minimum Gasteiger partial charge on any atom is -0.481 e. The summed E-state index contributed by atoms with van der Waals surface area (Å²) in [6, 6.07) is -0.787. The minimum absolute atomic E-state index is 0.247. The summed E-state index contributed by atoms with van der Waals surface area (Å²) in [7, 11) is -4.28. The van der Waals surface area contributed by atoms with Crippen molar-refractivity contribution >= 4 is 15.8 Å². The van der Waals surface area contributed by atoms with Gasteiger partial charge in [0.1, 0.15) is 10.7 Å². The normalized spacial score (nSPS) is 13.2. The van der Waals surface area contributed by atoms with E-state index in [4.69, 9.17) is 10.8 Å². The van der Waals surface area contributed by atoms with Crippen LogP contribution >= 0.6 is 0 Å². The van der Waals surface area contributed by atoms with Gasteiger partial charge in [-0.05, 0) is 12.5 Å². The standard InChI is InChI=1S/C11H12F3NO4S/c1-20(18,19)11-6(12)4-5(9(13)10(11)14)7(15)2-3-8(16)17/h4,7H,2-3,15H2,1H3,(H,16,17). The van der Waals surface area contributed by atoms with Crippen LogP contribution in [0.25, 0.3) is 0 Å². The van der Waals surface area contributed by atoms with Gasteiger partial charge in [0.25, 0.3) is 0 Å². The number of benzene rings is 1. The lowest BCUT2D eigenvalue weighted by Gasteiger charge is -2.14. The average Bonchev–Trinajstić information content (AvgIpc) is 2.29. The molecule has 0 saturated carbocycles. The van der Waals surface area contributed by atoms with E-state index in [0.717, 1.165) is 0 Å². The van der Waals surface area contributed by atoms with E-state index < -0.39 is 56.2 Å². The summed E-state index contributed by atoms with van der Waals surface area (Å²) < 4.78 is 63.2. The third kappa shape index (κ3) is 3.48. The van der Waals surface area contributed by atoms with Gasteiger partial charge >= 0.3 is 5.97 Å². The van der Waals surface area contributed by atoms with Crippen LogP contribution in [0.15, 0.2) is 11.0 Å². The van der Waals surface area contributed by atoms with Crippen molar-refractivity contribution in [3.63, 3.8) is 0 Å². The number of hydrogen-bond acceptors (Lipinski definition) is 4. The highest BCUT2D eigenvalue weighted by atomic mass is 32.2. The number of aliphatic carboxylic acids is 1. The van der Waals surface area contributed by atoms with Gasteiger partial charge in [0.15, 0.2) is 21.5 Å². The average molecular weight is 311 g/mol. The smallest absolute Gasteiger partial charge is 0.303 e. The first-order valence-corrected chi connectivity index (χ1v) is 7.29. The number of nitrogens with two attached hydrogens (primary N) is 1.